The molecule has 0 bridgehead atoms. The second-order valence-corrected chi connectivity index (χ2v) is 18.8. The van der Waals surface area contributed by atoms with Crippen molar-refractivity contribution in [3.8, 4) is 0 Å². The number of anilines is 1. The third-order valence-electron chi connectivity index (χ3n) is 6.40. The minimum absolute atomic E-state index is 0.0881. The summed E-state index contributed by atoms with van der Waals surface area (Å²) in [5, 5.41) is 3.00. The van der Waals surface area contributed by atoms with Crippen LogP contribution in [0.25, 0.3) is 0 Å². The van der Waals surface area contributed by atoms with Gasteiger partial charge in [0.15, 0.2) is 5.17 Å². The van der Waals surface area contributed by atoms with Crippen molar-refractivity contribution >= 4 is 42.7 Å². The number of ether oxygens (including phenoxy) is 2. The molecule has 0 spiro atoms. The van der Waals surface area contributed by atoms with Crippen LogP contribution in [0.1, 0.15) is 39.7 Å². The van der Waals surface area contributed by atoms with E-state index in [0.717, 1.165) is 6.04 Å². The Morgan fingerprint density at radius 1 is 1.33 bits per heavy atom. The first-order valence-electron chi connectivity index (χ1n) is 12.2. The molecule has 1 saturated carbocycles. The van der Waals surface area contributed by atoms with E-state index in [0.29, 0.717) is 24.3 Å². The van der Waals surface area contributed by atoms with Gasteiger partial charge in [-0.25, -0.2) is 14.1 Å². The predicted octanol–water partition coefficient (Wildman–Crippen LogP) is 4.78. The number of nitrogens with two attached hydrogens (primary N) is 1. The van der Waals surface area contributed by atoms with Gasteiger partial charge in [0.25, 0.3) is 0 Å². The molecule has 2 amide bonds. The fourth-order valence-corrected chi connectivity index (χ4v) is 6.68. The summed E-state index contributed by atoms with van der Waals surface area (Å²) in [5.41, 5.74) is 4.81. The Hall–Kier alpha value is -2.11. The zero-order valence-corrected chi connectivity index (χ0v) is 24.3. The molecule has 36 heavy (non-hydrogen) atoms. The van der Waals surface area contributed by atoms with Crippen molar-refractivity contribution in [2.24, 2.45) is 10.9 Å². The zero-order chi connectivity index (χ0) is 27.1. The largest absolute Gasteiger partial charge is 0.443 e. The molecule has 1 heterocycles. The van der Waals surface area contributed by atoms with Crippen LogP contribution >= 0.6 is 11.8 Å². The number of aliphatic imine (C=N–C) groups is 1. The molecule has 1 aromatic carbocycles. The number of thioether (sulfide) groups is 1. The first-order chi connectivity index (χ1) is 16.5. The lowest BCUT2D eigenvalue weighted by Gasteiger charge is -2.37. The number of rotatable bonds is 7. The molecule has 2 aliphatic rings. The number of amides is 2. The van der Waals surface area contributed by atoms with Gasteiger partial charge in [0.05, 0.1) is 5.54 Å². The monoisotopic (exact) mass is 538 g/mol. The molecule has 0 saturated heterocycles. The quantitative estimate of drug-likeness (QED) is 0.224. The van der Waals surface area contributed by atoms with Crippen LogP contribution in [0.2, 0.25) is 25.7 Å². The SMILES string of the molecule is CNC(=O)[C@]12CC1[C@@](C)(c1cc(N)ccc1F)N=C(N(COCC[Si](C)(C)C)C(=O)OC(C)(C)C)S2. The molecule has 1 unspecified atom stereocenters. The predicted molar refractivity (Wildman–Crippen MR) is 145 cm³/mol. The molecule has 0 aromatic heterocycles. The number of amidine groups is 1. The highest BCUT2D eigenvalue weighted by atomic mass is 32.2. The van der Waals surface area contributed by atoms with Gasteiger partial charge in [0.2, 0.25) is 5.91 Å². The molecular weight excluding hydrogens is 499 g/mol. The van der Waals surface area contributed by atoms with Gasteiger partial charge in [-0.1, -0.05) is 31.4 Å². The lowest BCUT2D eigenvalue weighted by Crippen LogP contribution is -2.48. The minimum atomic E-state index is -1.35. The fraction of sp³-hybridized carbons (Fsp3) is 0.640. The number of benzene rings is 1. The Kier molecular flexibility index (Phi) is 7.89. The maximum Gasteiger partial charge on any atom is 0.418 e. The second kappa shape index (κ2) is 9.98. The van der Waals surface area contributed by atoms with Crippen molar-refractivity contribution in [2.45, 2.75) is 75.7 Å². The summed E-state index contributed by atoms with van der Waals surface area (Å²) in [4.78, 5) is 32.6. The van der Waals surface area contributed by atoms with Crippen molar-refractivity contribution in [1.82, 2.24) is 10.2 Å². The number of halogens is 1. The van der Waals surface area contributed by atoms with Crippen molar-refractivity contribution in [3.63, 3.8) is 0 Å². The first kappa shape index (κ1) is 28.5. The maximum atomic E-state index is 15.1. The molecule has 1 aliphatic heterocycles. The van der Waals surface area contributed by atoms with E-state index in [9.17, 15) is 9.59 Å². The molecule has 3 rings (SSSR count). The number of hydrogen-bond donors (Lipinski definition) is 2. The number of hydrogen-bond acceptors (Lipinski definition) is 7. The van der Waals surface area contributed by atoms with Crippen molar-refractivity contribution in [3.05, 3.63) is 29.6 Å². The number of fused-ring (bicyclic) bond motifs is 1. The van der Waals surface area contributed by atoms with Crippen LogP contribution in [0.15, 0.2) is 23.2 Å². The molecule has 1 fully saturated rings. The average molecular weight is 539 g/mol. The molecule has 11 heteroatoms. The van der Waals surface area contributed by atoms with Crippen molar-refractivity contribution < 1.29 is 23.5 Å². The van der Waals surface area contributed by atoms with E-state index in [1.165, 1.54) is 28.8 Å². The highest BCUT2D eigenvalue weighted by Gasteiger charge is 2.71. The third-order valence-corrected chi connectivity index (χ3v) is 9.60. The molecule has 3 N–H and O–H groups in total. The summed E-state index contributed by atoms with van der Waals surface area (Å²) < 4.78 is 25.8. The number of nitrogens with one attached hydrogen (secondary N) is 1. The van der Waals surface area contributed by atoms with E-state index in [-0.39, 0.29) is 23.7 Å². The van der Waals surface area contributed by atoms with Crippen molar-refractivity contribution in [2.75, 3.05) is 26.1 Å². The maximum absolute atomic E-state index is 15.1. The summed E-state index contributed by atoms with van der Waals surface area (Å²) in [6.45, 7) is 14.3. The molecule has 8 nitrogen and oxygen atoms in total. The van der Waals surface area contributed by atoms with Gasteiger partial charge < -0.3 is 20.5 Å². The summed E-state index contributed by atoms with van der Waals surface area (Å²) >= 11 is 1.21. The van der Waals surface area contributed by atoms with Crippen LogP contribution in [-0.2, 0) is 19.8 Å². The first-order valence-corrected chi connectivity index (χ1v) is 16.7. The van der Waals surface area contributed by atoms with E-state index in [4.69, 9.17) is 20.2 Å². The normalized spacial score (nSPS) is 25.5. The fourth-order valence-electron chi connectivity index (χ4n) is 4.31. The average Bonchev–Trinajstić information content (AvgIpc) is 3.49. The highest BCUT2D eigenvalue weighted by Crippen LogP contribution is 2.66. The van der Waals surface area contributed by atoms with E-state index in [1.54, 1.807) is 40.8 Å². The van der Waals surface area contributed by atoms with E-state index < -0.39 is 35.9 Å². The Morgan fingerprint density at radius 2 is 2.00 bits per heavy atom. The summed E-state index contributed by atoms with van der Waals surface area (Å²) in [7, 11) is 0.221. The van der Waals surface area contributed by atoms with Crippen LogP contribution in [0.4, 0.5) is 14.9 Å². The van der Waals surface area contributed by atoms with E-state index in [2.05, 4.69) is 25.0 Å². The smallest absolute Gasteiger partial charge is 0.418 e. The highest BCUT2D eigenvalue weighted by molar-refractivity contribution is 8.16. The third kappa shape index (κ3) is 6.05. The number of carbonyl (C=O) groups excluding carboxylic acids is 2. The van der Waals surface area contributed by atoms with Crippen LogP contribution in [-0.4, -0.2) is 60.9 Å². The summed E-state index contributed by atoms with van der Waals surface area (Å²) in [6.07, 6.45) is -0.156. The van der Waals surface area contributed by atoms with Gasteiger partial charge in [-0.2, -0.15) is 0 Å². The molecule has 1 aromatic rings. The molecular formula is C25H39FN4O4SSi. The Bertz CT molecular complexity index is 1060. The Balaban J connectivity index is 2.05. The molecule has 0 radical (unpaired) electrons. The molecule has 1 aliphatic carbocycles. The number of nitrogens with zero attached hydrogens (tertiary/aromatic N) is 2. The topological polar surface area (TPSA) is 106 Å². The number of nitrogen functional groups attached to an aromatic ring is 1. The standard InChI is InChI=1S/C25H39FN4O4SSi/c1-23(2,3)34-22(32)30(15-33-11-12-36(6,7)8)21-29-24(4,17-13-16(27)9-10-18(17)26)19-14-25(19,35-21)20(31)28-5/h9-10,13,19H,11-12,14-15,27H2,1-8H3,(H,28,31)/t19?,24-,25+/m1/s1. The van der Waals surface area contributed by atoms with E-state index >= 15 is 4.39 Å². The van der Waals surface area contributed by atoms with Gasteiger partial charge in [0.1, 0.15) is 22.9 Å². The minimum Gasteiger partial charge on any atom is -0.443 e. The lowest BCUT2D eigenvalue weighted by molar-refractivity contribution is -0.121. The van der Waals surface area contributed by atoms with Crippen molar-refractivity contribution in [1.29, 1.82) is 0 Å². The Morgan fingerprint density at radius 3 is 2.58 bits per heavy atom. The summed E-state index contributed by atoms with van der Waals surface area (Å²) in [6, 6.07) is 5.28. The second-order valence-electron chi connectivity index (χ2n) is 11.9. The Labute approximate surface area is 218 Å². The number of carbonyl (C=O) groups is 2. The van der Waals surface area contributed by atoms with E-state index in [1.807, 2.05) is 0 Å². The van der Waals surface area contributed by atoms with Gasteiger partial charge >= 0.3 is 6.09 Å². The van der Waals surface area contributed by atoms with Crippen LogP contribution in [0, 0.1) is 11.7 Å². The van der Waals surface area contributed by atoms with Gasteiger partial charge in [-0.3, -0.25) is 9.79 Å². The molecule has 200 valence electrons. The van der Waals surface area contributed by atoms with Crippen LogP contribution < -0.4 is 11.1 Å². The zero-order valence-electron chi connectivity index (χ0n) is 22.5. The van der Waals surface area contributed by atoms with Crippen LogP contribution in [0.3, 0.4) is 0 Å². The summed E-state index contributed by atoms with van der Waals surface area (Å²) in [5.74, 6) is -0.929. The van der Waals surface area contributed by atoms with Crippen LogP contribution in [0.5, 0.6) is 0 Å². The lowest BCUT2D eigenvalue weighted by atomic mass is 9.85. The van der Waals surface area contributed by atoms with Gasteiger partial charge in [0, 0.05) is 38.9 Å². The molecule has 3 atom stereocenters. The van der Waals surface area contributed by atoms with Gasteiger partial charge in [-0.15, -0.1) is 0 Å². The van der Waals surface area contributed by atoms with Gasteiger partial charge in [-0.05, 0) is 58.4 Å².